The third-order valence-corrected chi connectivity index (χ3v) is 8.65. The van der Waals surface area contributed by atoms with Gasteiger partial charge in [0.15, 0.2) is 0 Å². The number of halogens is 1. The Bertz CT molecular complexity index is 127. The monoisotopic (exact) mass is 312 g/mol. The molecule has 0 atom stereocenters. The highest BCUT2D eigenvalue weighted by Crippen LogP contribution is 2.44. The van der Waals surface area contributed by atoms with Gasteiger partial charge in [0.2, 0.25) is 0 Å². The van der Waals surface area contributed by atoms with E-state index >= 15 is 0 Å². The normalized spacial score (nSPS) is 13.8. The molecule has 0 amide bonds. The minimum Gasteiger partial charge on any atom is -0.0864 e. The van der Waals surface area contributed by atoms with Gasteiger partial charge >= 0.3 is 0 Å². The van der Waals surface area contributed by atoms with Gasteiger partial charge in [0, 0.05) is 8.80 Å². The Morgan fingerprint density at radius 3 is 1.54 bits per heavy atom. The minimum absolute atomic E-state index is 0.587. The number of rotatable bonds is 3. The number of hydrogen-bond donors (Lipinski definition) is 0. The fraction of sp³-hybridized carbons (Fsp3) is 1.00. The van der Waals surface area contributed by atoms with Crippen molar-refractivity contribution in [1.82, 2.24) is 0 Å². The second-order valence-corrected chi connectivity index (χ2v) is 12.3. The van der Waals surface area contributed by atoms with Gasteiger partial charge in [0.25, 0.3) is 0 Å². The first kappa shape index (κ1) is 13.9. The molecule has 0 heterocycles. The molecule has 80 valence electrons. The Hall–Kier alpha value is 0.947. The number of hydrogen-bond acceptors (Lipinski definition) is 0. The molecule has 13 heavy (non-hydrogen) atoms. The average Bonchev–Trinajstić information content (AvgIpc) is 1.81. The van der Waals surface area contributed by atoms with Crippen molar-refractivity contribution in [3.8, 4) is 0 Å². The fourth-order valence-electron chi connectivity index (χ4n) is 2.45. The zero-order chi connectivity index (χ0) is 10.7. The third kappa shape index (κ3) is 5.40. The molecule has 0 saturated heterocycles. The van der Waals surface area contributed by atoms with E-state index in [0.29, 0.717) is 10.1 Å². The maximum Gasteiger partial charge on any atom is 0.0477 e. The van der Waals surface area contributed by atoms with Crippen LogP contribution in [-0.4, -0.2) is 13.2 Å². The van der Waals surface area contributed by atoms with Crippen molar-refractivity contribution in [2.24, 2.45) is 0 Å². The molecule has 0 aliphatic heterocycles. The van der Waals surface area contributed by atoms with Crippen LogP contribution in [0.25, 0.3) is 0 Å². The summed E-state index contributed by atoms with van der Waals surface area (Å²) < 4.78 is 1.33. The lowest BCUT2D eigenvalue weighted by Gasteiger charge is -2.39. The second-order valence-electron chi connectivity index (χ2n) is 6.12. The first-order chi connectivity index (χ1) is 5.69. The molecule has 0 nitrogen and oxygen atoms in total. The van der Waals surface area contributed by atoms with Crippen LogP contribution in [-0.2, 0) is 0 Å². The van der Waals surface area contributed by atoms with Crippen molar-refractivity contribution in [3.63, 3.8) is 0 Å². The summed E-state index contributed by atoms with van der Waals surface area (Å²) in [5.74, 6) is 0. The summed E-state index contributed by atoms with van der Waals surface area (Å²) in [7, 11) is -0.633. The molecular weight excluding hydrogens is 287 g/mol. The topological polar surface area (TPSA) is 0 Å². The number of alkyl halides is 1. The van der Waals surface area contributed by atoms with E-state index in [1.54, 1.807) is 0 Å². The lowest BCUT2D eigenvalue weighted by Crippen LogP contribution is -2.34. The summed E-state index contributed by atoms with van der Waals surface area (Å²) in [5, 5.41) is 1.17. The van der Waals surface area contributed by atoms with Gasteiger partial charge in [0.05, 0.1) is 0 Å². The van der Waals surface area contributed by atoms with Crippen LogP contribution in [0.2, 0.25) is 16.1 Å². The molecule has 0 radical (unpaired) electrons. The van der Waals surface area contributed by atoms with E-state index in [2.05, 4.69) is 64.1 Å². The predicted octanol–water partition coefficient (Wildman–Crippen LogP) is 4.64. The van der Waals surface area contributed by atoms with Gasteiger partial charge in [-0.05, 0) is 20.9 Å². The molecule has 0 bridgehead atoms. The molecule has 0 N–H and O–H groups in total. The average molecular weight is 312 g/mol. The van der Waals surface area contributed by atoms with E-state index in [1.807, 2.05) is 0 Å². The van der Waals surface area contributed by atoms with Gasteiger partial charge in [-0.25, -0.2) is 0 Å². The third-order valence-electron chi connectivity index (χ3n) is 2.72. The first-order valence-electron chi connectivity index (χ1n) is 5.25. The van der Waals surface area contributed by atoms with Gasteiger partial charge in [0.1, 0.15) is 0 Å². The molecule has 0 aromatic rings. The van der Waals surface area contributed by atoms with Crippen LogP contribution in [0.15, 0.2) is 0 Å². The standard InChI is InChI=1S/C11H25ISi/c1-10(2,3)13(9-7-8-12)11(4,5)6/h13H,7-9H2,1-6H3. The Morgan fingerprint density at radius 1 is 0.923 bits per heavy atom. The Balaban J connectivity index is 4.39. The zero-order valence-electron chi connectivity index (χ0n) is 10.1. The van der Waals surface area contributed by atoms with Crippen LogP contribution in [0.5, 0.6) is 0 Å². The summed E-state index contributed by atoms with van der Waals surface area (Å²) in [6.07, 6.45) is 1.42. The van der Waals surface area contributed by atoms with E-state index < -0.39 is 8.80 Å². The van der Waals surface area contributed by atoms with Gasteiger partial charge in [-0.2, -0.15) is 0 Å². The summed E-state index contributed by atoms with van der Waals surface area (Å²) in [6.45, 7) is 14.6. The Labute approximate surface area is 99.6 Å². The molecule has 0 spiro atoms. The van der Waals surface area contributed by atoms with Crippen molar-refractivity contribution < 1.29 is 0 Å². The summed E-state index contributed by atoms with van der Waals surface area (Å²) in [6, 6.07) is 1.51. The molecule has 0 aliphatic carbocycles. The van der Waals surface area contributed by atoms with Crippen molar-refractivity contribution >= 4 is 31.4 Å². The van der Waals surface area contributed by atoms with Crippen LogP contribution in [0, 0.1) is 0 Å². The molecule has 0 aliphatic rings. The maximum atomic E-state index is 2.50. The van der Waals surface area contributed by atoms with Crippen LogP contribution in [0.3, 0.4) is 0 Å². The summed E-state index contributed by atoms with van der Waals surface area (Å²) in [5.41, 5.74) is 0. The molecule has 0 fully saturated rings. The lowest BCUT2D eigenvalue weighted by atomic mass is 10.2. The van der Waals surface area contributed by atoms with Gasteiger partial charge in [-0.3, -0.25) is 0 Å². The Kier molecular flexibility index (Phi) is 5.52. The highest BCUT2D eigenvalue weighted by molar-refractivity contribution is 14.1. The molecular formula is C11H25ISi. The van der Waals surface area contributed by atoms with E-state index in [0.717, 1.165) is 0 Å². The van der Waals surface area contributed by atoms with E-state index in [1.165, 1.54) is 16.9 Å². The largest absolute Gasteiger partial charge is 0.0864 e. The van der Waals surface area contributed by atoms with Crippen LogP contribution in [0.1, 0.15) is 48.0 Å². The molecule has 2 heteroatoms. The van der Waals surface area contributed by atoms with Crippen molar-refractivity contribution in [2.45, 2.75) is 64.1 Å². The highest BCUT2D eigenvalue weighted by atomic mass is 127. The van der Waals surface area contributed by atoms with Crippen LogP contribution < -0.4 is 0 Å². The van der Waals surface area contributed by atoms with Gasteiger partial charge < -0.3 is 0 Å². The Morgan fingerprint density at radius 2 is 1.31 bits per heavy atom. The van der Waals surface area contributed by atoms with E-state index in [4.69, 9.17) is 0 Å². The SMILES string of the molecule is CC(C)(C)[SiH](CCCI)C(C)(C)C. The lowest BCUT2D eigenvalue weighted by molar-refractivity contribution is 0.634. The van der Waals surface area contributed by atoms with Crippen LogP contribution >= 0.6 is 22.6 Å². The first-order valence-corrected chi connectivity index (χ1v) is 8.75. The smallest absolute Gasteiger partial charge is 0.0477 e. The molecule has 0 rings (SSSR count). The van der Waals surface area contributed by atoms with Crippen molar-refractivity contribution in [1.29, 1.82) is 0 Å². The molecule has 0 saturated carbocycles. The molecule has 0 aromatic heterocycles. The van der Waals surface area contributed by atoms with Gasteiger partial charge in [-0.15, -0.1) is 0 Å². The predicted molar refractivity (Wildman–Crippen MR) is 74.9 cm³/mol. The maximum absolute atomic E-state index is 2.50. The van der Waals surface area contributed by atoms with Gasteiger partial charge in [-0.1, -0.05) is 70.2 Å². The highest BCUT2D eigenvalue weighted by Gasteiger charge is 2.35. The van der Waals surface area contributed by atoms with Crippen LogP contribution in [0.4, 0.5) is 0 Å². The second kappa shape index (κ2) is 5.15. The summed E-state index contributed by atoms with van der Waals surface area (Å²) in [4.78, 5) is 0. The minimum atomic E-state index is -0.633. The van der Waals surface area contributed by atoms with Crippen molar-refractivity contribution in [3.05, 3.63) is 0 Å². The summed E-state index contributed by atoms with van der Waals surface area (Å²) >= 11 is 2.50. The quantitative estimate of drug-likeness (QED) is 0.405. The zero-order valence-corrected chi connectivity index (χ0v) is 13.4. The molecule has 0 unspecified atom stereocenters. The molecule has 0 aromatic carbocycles. The van der Waals surface area contributed by atoms with Crippen molar-refractivity contribution in [2.75, 3.05) is 4.43 Å². The fourth-order valence-corrected chi connectivity index (χ4v) is 8.66. The van der Waals surface area contributed by atoms with E-state index in [-0.39, 0.29) is 0 Å². The van der Waals surface area contributed by atoms with E-state index in [9.17, 15) is 0 Å².